The van der Waals surface area contributed by atoms with E-state index < -0.39 is 0 Å². The lowest BCUT2D eigenvalue weighted by Gasteiger charge is -2.38. The van der Waals surface area contributed by atoms with Crippen molar-refractivity contribution in [2.24, 2.45) is 17.6 Å². The Bertz CT molecular complexity index is 591. The van der Waals surface area contributed by atoms with E-state index >= 15 is 0 Å². The third-order valence-electron chi connectivity index (χ3n) is 5.80. The van der Waals surface area contributed by atoms with Crippen LogP contribution >= 0.6 is 0 Å². The molecule has 0 spiro atoms. The molecule has 1 fully saturated rings. The van der Waals surface area contributed by atoms with Gasteiger partial charge in [-0.1, -0.05) is 60.6 Å². The molecule has 1 amide bonds. The Morgan fingerprint density at radius 3 is 2.31 bits per heavy atom. The van der Waals surface area contributed by atoms with E-state index in [1.165, 1.54) is 17.7 Å². The van der Waals surface area contributed by atoms with E-state index in [-0.39, 0.29) is 29.7 Å². The summed E-state index contributed by atoms with van der Waals surface area (Å²) < 4.78 is 13.0. The molecule has 0 aliphatic heterocycles. The van der Waals surface area contributed by atoms with Crippen LogP contribution in [0.5, 0.6) is 0 Å². The van der Waals surface area contributed by atoms with Crippen LogP contribution < -0.4 is 11.1 Å². The summed E-state index contributed by atoms with van der Waals surface area (Å²) in [5, 5.41) is 3.20. The Labute approximate surface area is 197 Å². The van der Waals surface area contributed by atoms with Gasteiger partial charge in [0, 0.05) is 24.5 Å². The summed E-state index contributed by atoms with van der Waals surface area (Å²) in [7, 11) is 0. The first kappa shape index (κ1) is 30.5. The van der Waals surface area contributed by atoms with Crippen LogP contribution in [0.4, 0.5) is 4.39 Å². The van der Waals surface area contributed by atoms with Crippen LogP contribution in [-0.4, -0.2) is 42.5 Å². The number of carbonyl (C=O) groups excluding carboxylic acids is 1. The quantitative estimate of drug-likeness (QED) is 0.473. The third kappa shape index (κ3) is 12.0. The molecule has 1 aromatic rings. The maximum atomic E-state index is 13.0. The fraction of sp³-hybridized carbons (Fsp3) is 0.741. The lowest BCUT2D eigenvalue weighted by molar-refractivity contribution is -0.125. The highest BCUT2D eigenvalue weighted by molar-refractivity contribution is 5.78. The molecule has 5 heteroatoms. The molecule has 0 saturated heterocycles. The molecule has 0 aromatic heterocycles. The normalized spacial score (nSPS) is 20.2. The number of halogens is 1. The topological polar surface area (TPSA) is 58.4 Å². The zero-order valence-electron chi connectivity index (χ0n) is 21.8. The minimum Gasteiger partial charge on any atom is -0.353 e. The van der Waals surface area contributed by atoms with Crippen molar-refractivity contribution in [2.75, 3.05) is 19.6 Å². The van der Waals surface area contributed by atoms with Gasteiger partial charge in [0.15, 0.2) is 0 Å². The van der Waals surface area contributed by atoms with Gasteiger partial charge in [-0.3, -0.25) is 4.79 Å². The largest absolute Gasteiger partial charge is 0.353 e. The minimum absolute atomic E-state index is 0.0251. The number of carbonyl (C=O) groups is 1. The summed E-state index contributed by atoms with van der Waals surface area (Å²) in [6.45, 7) is 17.2. The van der Waals surface area contributed by atoms with Crippen LogP contribution in [0.3, 0.4) is 0 Å². The van der Waals surface area contributed by atoms with Gasteiger partial charge in [0.25, 0.3) is 0 Å². The highest BCUT2D eigenvalue weighted by Gasteiger charge is 2.30. The third-order valence-corrected chi connectivity index (χ3v) is 5.80. The van der Waals surface area contributed by atoms with Crippen LogP contribution in [0.25, 0.3) is 0 Å². The molecule has 32 heavy (non-hydrogen) atoms. The predicted molar refractivity (Wildman–Crippen MR) is 136 cm³/mol. The summed E-state index contributed by atoms with van der Waals surface area (Å²) in [5.41, 5.74) is 7.62. The first-order valence-electron chi connectivity index (χ1n) is 12.9. The number of hydrogen-bond acceptors (Lipinski definition) is 3. The highest BCUT2D eigenvalue weighted by Crippen LogP contribution is 2.25. The van der Waals surface area contributed by atoms with Gasteiger partial charge in [0.05, 0.1) is 0 Å². The van der Waals surface area contributed by atoms with Crippen molar-refractivity contribution in [2.45, 2.75) is 99.1 Å². The number of benzene rings is 1. The number of hydrogen-bond donors (Lipinski definition) is 2. The lowest BCUT2D eigenvalue weighted by Crippen LogP contribution is -2.49. The molecule has 0 bridgehead atoms. The fourth-order valence-electron chi connectivity index (χ4n) is 4.10. The van der Waals surface area contributed by atoms with Crippen LogP contribution in [0.1, 0.15) is 86.1 Å². The van der Waals surface area contributed by atoms with Gasteiger partial charge in [-0.25, -0.2) is 4.39 Å². The summed E-state index contributed by atoms with van der Waals surface area (Å²) in [6.07, 6.45) is 6.06. The first-order chi connectivity index (χ1) is 15.4. The first-order valence-corrected chi connectivity index (χ1v) is 12.9. The number of aryl methyl sites for hydroxylation is 1. The van der Waals surface area contributed by atoms with Crippen LogP contribution in [0.2, 0.25) is 0 Å². The monoisotopic (exact) mass is 451 g/mol. The second-order valence-electron chi connectivity index (χ2n) is 8.63. The highest BCUT2D eigenvalue weighted by atomic mass is 19.1. The molecule has 0 heterocycles. The van der Waals surface area contributed by atoms with Crippen molar-refractivity contribution in [3.05, 3.63) is 35.6 Å². The summed E-state index contributed by atoms with van der Waals surface area (Å²) in [6, 6.07) is 7.28. The number of rotatable bonds is 10. The molecule has 3 atom stereocenters. The summed E-state index contributed by atoms with van der Waals surface area (Å²) in [5.74, 6) is 0.409. The Kier molecular flexibility index (Phi) is 17.2. The molecule has 1 aliphatic rings. The molecule has 1 unspecified atom stereocenters. The number of nitrogens with one attached hydrogen (secondary N) is 1. The Hall–Kier alpha value is -1.46. The van der Waals surface area contributed by atoms with Crippen molar-refractivity contribution in [3.63, 3.8) is 0 Å². The molecule has 186 valence electrons. The van der Waals surface area contributed by atoms with Gasteiger partial charge >= 0.3 is 0 Å². The fourth-order valence-corrected chi connectivity index (χ4v) is 4.10. The smallest absolute Gasteiger partial charge is 0.222 e. The van der Waals surface area contributed by atoms with Crippen LogP contribution in [0.15, 0.2) is 24.3 Å². The zero-order chi connectivity index (χ0) is 24.5. The number of nitrogens with zero attached hydrogens (tertiary/aromatic N) is 1. The minimum atomic E-state index is -0.179. The van der Waals surface area contributed by atoms with E-state index in [4.69, 9.17) is 5.73 Å². The summed E-state index contributed by atoms with van der Waals surface area (Å²) in [4.78, 5) is 14.6. The van der Waals surface area contributed by atoms with Gasteiger partial charge in [-0.2, -0.15) is 0 Å². The second kappa shape index (κ2) is 18.0. The Morgan fingerprint density at radius 1 is 1.12 bits per heavy atom. The molecule has 1 aromatic carbocycles. The molecule has 4 nitrogen and oxygen atoms in total. The average Bonchev–Trinajstić information content (AvgIpc) is 2.80. The van der Waals surface area contributed by atoms with Crippen LogP contribution in [0, 0.1) is 17.7 Å². The van der Waals surface area contributed by atoms with E-state index in [9.17, 15) is 9.18 Å². The van der Waals surface area contributed by atoms with Crippen molar-refractivity contribution in [1.82, 2.24) is 10.2 Å². The standard InChI is InChI=1S/C23H38FN3O.2C2H6/c1-4-13-27(14-5-6-18-7-9-20(24)10-8-18)16-19-15-21(11-12-22(19)25)26-23(28)17(2)3;2*1-2/h7-10,17,19,21-22H,4-6,11-16,25H2,1-3H3,(H,26,28);2*1-2H3/t19-,21?,22+;;/m0../s1. The molecular formula is C27H50FN3O. The maximum absolute atomic E-state index is 13.0. The van der Waals surface area contributed by atoms with Crippen LogP contribution in [-0.2, 0) is 11.2 Å². The SMILES string of the molecule is CC.CC.CCCN(CCCc1ccc(F)cc1)C[C@@H]1CC(NC(=O)C(C)C)CC[C@H]1N. The van der Waals surface area contributed by atoms with E-state index in [1.807, 2.05) is 53.7 Å². The van der Waals surface area contributed by atoms with Crippen molar-refractivity contribution < 1.29 is 9.18 Å². The van der Waals surface area contributed by atoms with Gasteiger partial charge in [0.1, 0.15) is 5.82 Å². The van der Waals surface area contributed by atoms with Crippen molar-refractivity contribution in [1.29, 1.82) is 0 Å². The lowest BCUT2D eigenvalue weighted by atomic mass is 9.81. The van der Waals surface area contributed by atoms with Gasteiger partial charge in [-0.05, 0) is 75.2 Å². The molecule has 3 N–H and O–H groups in total. The van der Waals surface area contributed by atoms with Gasteiger partial charge < -0.3 is 16.0 Å². The van der Waals surface area contributed by atoms with Crippen molar-refractivity contribution >= 4 is 5.91 Å². The summed E-state index contributed by atoms with van der Waals surface area (Å²) >= 11 is 0. The maximum Gasteiger partial charge on any atom is 0.222 e. The van der Waals surface area contributed by atoms with E-state index in [2.05, 4.69) is 17.1 Å². The number of nitrogens with two attached hydrogens (primary N) is 1. The Morgan fingerprint density at radius 2 is 1.75 bits per heavy atom. The molecule has 0 radical (unpaired) electrons. The van der Waals surface area contributed by atoms with E-state index in [0.717, 1.165) is 58.2 Å². The van der Waals surface area contributed by atoms with Gasteiger partial charge in [0.2, 0.25) is 5.91 Å². The van der Waals surface area contributed by atoms with E-state index in [0.29, 0.717) is 5.92 Å². The van der Waals surface area contributed by atoms with Crippen molar-refractivity contribution in [3.8, 4) is 0 Å². The molecule has 1 saturated carbocycles. The zero-order valence-corrected chi connectivity index (χ0v) is 21.8. The second-order valence-corrected chi connectivity index (χ2v) is 8.63. The average molecular weight is 452 g/mol. The number of amides is 1. The van der Waals surface area contributed by atoms with Gasteiger partial charge in [-0.15, -0.1) is 0 Å². The Balaban J connectivity index is 0.00000227. The predicted octanol–water partition coefficient (Wildman–Crippen LogP) is 5.79. The molecule has 1 aliphatic carbocycles. The molecule has 2 rings (SSSR count). The van der Waals surface area contributed by atoms with E-state index in [1.54, 1.807) is 0 Å². The molecular weight excluding hydrogens is 401 g/mol.